The molecule has 1 atom stereocenters. The summed E-state index contributed by atoms with van der Waals surface area (Å²) in [6.45, 7) is 4.43. The lowest BCUT2D eigenvalue weighted by Crippen LogP contribution is -2.34. The van der Waals surface area contributed by atoms with E-state index >= 15 is 0 Å². The van der Waals surface area contributed by atoms with Crippen LogP contribution in [0.1, 0.15) is 42.4 Å². The number of aliphatic hydroxyl groups is 1. The number of amides is 1. The highest BCUT2D eigenvalue weighted by molar-refractivity contribution is 5.94. The van der Waals surface area contributed by atoms with Gasteiger partial charge < -0.3 is 14.7 Å². The molecule has 0 bridgehead atoms. The molecule has 1 fully saturated rings. The molecule has 1 aliphatic rings. The van der Waals surface area contributed by atoms with Crippen molar-refractivity contribution in [3.63, 3.8) is 0 Å². The Morgan fingerprint density at radius 3 is 2.84 bits per heavy atom. The Labute approximate surface area is 145 Å². The summed E-state index contributed by atoms with van der Waals surface area (Å²) in [6.07, 6.45) is 2.08. The Kier molecular flexibility index (Phi) is 4.47. The van der Waals surface area contributed by atoms with E-state index in [4.69, 9.17) is 4.74 Å². The molecule has 1 aromatic carbocycles. The van der Waals surface area contributed by atoms with Crippen molar-refractivity contribution in [2.24, 2.45) is 0 Å². The maximum Gasteiger partial charge on any atom is 0.254 e. The Morgan fingerprint density at radius 1 is 1.44 bits per heavy atom. The van der Waals surface area contributed by atoms with E-state index in [2.05, 4.69) is 10.3 Å². The number of aromatic nitrogens is 3. The zero-order chi connectivity index (χ0) is 18.2. The maximum absolute atomic E-state index is 13.5. The number of ether oxygens (including phenoxy) is 1. The van der Waals surface area contributed by atoms with Gasteiger partial charge in [-0.05, 0) is 32.0 Å². The van der Waals surface area contributed by atoms with E-state index in [1.807, 2.05) is 13.8 Å². The number of nitrogens with zero attached hydrogens (tertiary/aromatic N) is 4. The lowest BCUT2D eigenvalue weighted by atomic mass is 10.00. The van der Waals surface area contributed by atoms with Gasteiger partial charge in [0.25, 0.3) is 5.91 Å². The quantitative estimate of drug-likeness (QED) is 0.910. The molecule has 1 N–H and O–H groups in total. The molecule has 0 saturated carbocycles. The number of benzene rings is 1. The molecule has 134 valence electrons. The molecule has 1 aliphatic heterocycles. The smallest absolute Gasteiger partial charge is 0.254 e. The number of methoxy groups -OCH3 is 1. The molecule has 1 aromatic heterocycles. The molecule has 3 rings (SSSR count). The van der Waals surface area contributed by atoms with Crippen LogP contribution in [0.2, 0.25) is 0 Å². The summed E-state index contributed by atoms with van der Waals surface area (Å²) in [5, 5.41) is 18.9. The molecule has 2 aromatic rings. The molecular weight excluding hydrogens is 327 g/mol. The third kappa shape index (κ3) is 3.21. The number of β-amino-alcohol motifs (C(OH)–C–C–N with tert-alkyl or cyclic N) is 1. The van der Waals surface area contributed by atoms with Crippen LogP contribution in [0.5, 0.6) is 5.75 Å². The number of hydrogen-bond donors (Lipinski definition) is 1. The van der Waals surface area contributed by atoms with Gasteiger partial charge in [-0.3, -0.25) is 4.79 Å². The van der Waals surface area contributed by atoms with Crippen LogP contribution in [-0.2, 0) is 5.60 Å². The van der Waals surface area contributed by atoms with Gasteiger partial charge in [-0.2, -0.15) is 0 Å². The molecule has 0 spiro atoms. The largest absolute Gasteiger partial charge is 0.494 e. The highest BCUT2D eigenvalue weighted by Gasteiger charge is 2.42. The Bertz CT molecular complexity index is 792. The minimum Gasteiger partial charge on any atom is -0.494 e. The predicted molar refractivity (Wildman–Crippen MR) is 87.8 cm³/mol. The minimum atomic E-state index is -1.23. The van der Waals surface area contributed by atoms with E-state index in [-0.39, 0.29) is 24.2 Å². The number of hydrogen-bond acceptors (Lipinski definition) is 5. The Morgan fingerprint density at radius 2 is 2.20 bits per heavy atom. The Hall–Kier alpha value is -2.48. The lowest BCUT2D eigenvalue weighted by Gasteiger charge is -2.21. The van der Waals surface area contributed by atoms with Crippen molar-refractivity contribution >= 4 is 5.91 Å². The summed E-state index contributed by atoms with van der Waals surface area (Å²) in [5.41, 5.74) is -0.464. The van der Waals surface area contributed by atoms with Gasteiger partial charge in [-0.1, -0.05) is 5.21 Å². The average Bonchev–Trinajstić information content (AvgIpc) is 3.23. The summed E-state index contributed by atoms with van der Waals surface area (Å²) in [7, 11) is 1.35. The summed E-state index contributed by atoms with van der Waals surface area (Å²) < 4.78 is 20.1. The molecular formula is C17H21FN4O3. The first-order valence-electron chi connectivity index (χ1n) is 8.11. The van der Waals surface area contributed by atoms with Crippen molar-refractivity contribution in [3.05, 3.63) is 41.5 Å². The summed E-state index contributed by atoms with van der Waals surface area (Å²) in [6, 6.07) is 4.11. The number of carbonyl (C=O) groups excluding carboxylic acids is 1. The zero-order valence-corrected chi connectivity index (χ0v) is 14.4. The average molecular weight is 348 g/mol. The van der Waals surface area contributed by atoms with Crippen molar-refractivity contribution < 1.29 is 19.0 Å². The van der Waals surface area contributed by atoms with Crippen molar-refractivity contribution in [1.29, 1.82) is 0 Å². The third-order valence-electron chi connectivity index (χ3n) is 4.45. The van der Waals surface area contributed by atoms with Gasteiger partial charge in [0.2, 0.25) is 0 Å². The topological polar surface area (TPSA) is 80.5 Å². The van der Waals surface area contributed by atoms with Gasteiger partial charge >= 0.3 is 0 Å². The van der Waals surface area contributed by atoms with Crippen LogP contribution in [0.3, 0.4) is 0 Å². The van der Waals surface area contributed by atoms with Gasteiger partial charge in [0.15, 0.2) is 11.6 Å². The van der Waals surface area contributed by atoms with E-state index in [1.54, 1.807) is 10.9 Å². The number of rotatable bonds is 4. The van der Waals surface area contributed by atoms with Crippen LogP contribution >= 0.6 is 0 Å². The molecule has 2 heterocycles. The number of carbonyl (C=O) groups is 1. The summed E-state index contributed by atoms with van der Waals surface area (Å²) in [4.78, 5) is 14.2. The van der Waals surface area contributed by atoms with Gasteiger partial charge in [-0.25, -0.2) is 9.07 Å². The molecule has 0 radical (unpaired) electrons. The first kappa shape index (κ1) is 17.3. The lowest BCUT2D eigenvalue weighted by molar-refractivity contribution is 0.0381. The second kappa shape index (κ2) is 6.44. The fourth-order valence-electron chi connectivity index (χ4n) is 2.89. The van der Waals surface area contributed by atoms with Gasteiger partial charge in [0.05, 0.1) is 19.9 Å². The molecule has 25 heavy (non-hydrogen) atoms. The van der Waals surface area contributed by atoms with Crippen molar-refractivity contribution in [2.45, 2.75) is 31.9 Å². The van der Waals surface area contributed by atoms with E-state index in [9.17, 15) is 14.3 Å². The third-order valence-corrected chi connectivity index (χ3v) is 4.45. The van der Waals surface area contributed by atoms with Crippen LogP contribution in [0.4, 0.5) is 4.39 Å². The Balaban J connectivity index is 1.78. The van der Waals surface area contributed by atoms with Crippen LogP contribution in [0, 0.1) is 5.82 Å². The normalized spacial score (nSPS) is 20.3. The highest BCUT2D eigenvalue weighted by Crippen LogP contribution is 2.32. The molecule has 0 aliphatic carbocycles. The molecule has 1 amide bonds. The van der Waals surface area contributed by atoms with E-state index in [0.29, 0.717) is 24.2 Å². The van der Waals surface area contributed by atoms with Gasteiger partial charge in [0.1, 0.15) is 11.3 Å². The van der Waals surface area contributed by atoms with Gasteiger partial charge in [-0.15, -0.1) is 5.10 Å². The van der Waals surface area contributed by atoms with Crippen LogP contribution < -0.4 is 4.74 Å². The minimum absolute atomic E-state index is 0.0141. The summed E-state index contributed by atoms with van der Waals surface area (Å²) >= 11 is 0. The van der Waals surface area contributed by atoms with Crippen LogP contribution in [-0.4, -0.2) is 51.1 Å². The fraction of sp³-hybridized carbons (Fsp3) is 0.471. The maximum atomic E-state index is 13.5. The monoisotopic (exact) mass is 348 g/mol. The second-order valence-corrected chi connectivity index (χ2v) is 6.54. The van der Waals surface area contributed by atoms with E-state index < -0.39 is 11.4 Å². The zero-order valence-electron chi connectivity index (χ0n) is 14.4. The molecule has 7 nitrogen and oxygen atoms in total. The van der Waals surface area contributed by atoms with Crippen LogP contribution in [0.15, 0.2) is 24.4 Å². The predicted octanol–water partition coefficient (Wildman–Crippen LogP) is 1.74. The van der Waals surface area contributed by atoms with E-state index in [1.165, 1.54) is 30.2 Å². The van der Waals surface area contributed by atoms with Crippen LogP contribution in [0.25, 0.3) is 0 Å². The SMILES string of the molecule is COc1cc(C(=O)N2CC[C@@](O)(c3cn(C(C)C)nn3)C2)ccc1F. The first-order valence-corrected chi connectivity index (χ1v) is 8.11. The fourth-order valence-corrected chi connectivity index (χ4v) is 2.89. The standard InChI is InChI=1S/C17H21FN4O3/c1-11(2)22-9-15(19-20-22)17(24)6-7-21(10-17)16(23)12-4-5-13(18)14(8-12)25-3/h4-5,8-9,11,24H,6-7,10H2,1-3H3/t17-/m0/s1. The number of likely N-dealkylation sites (tertiary alicyclic amines) is 1. The van der Waals surface area contributed by atoms with Crippen molar-refractivity contribution in [2.75, 3.05) is 20.2 Å². The first-order chi connectivity index (χ1) is 11.8. The number of halogens is 1. The molecule has 0 unspecified atom stereocenters. The van der Waals surface area contributed by atoms with Gasteiger partial charge in [0, 0.05) is 24.6 Å². The highest BCUT2D eigenvalue weighted by atomic mass is 19.1. The van der Waals surface area contributed by atoms with Crippen molar-refractivity contribution in [1.82, 2.24) is 19.9 Å². The van der Waals surface area contributed by atoms with E-state index in [0.717, 1.165) is 0 Å². The summed E-state index contributed by atoms with van der Waals surface area (Å²) in [5.74, 6) is -0.798. The van der Waals surface area contributed by atoms with Crippen molar-refractivity contribution in [3.8, 4) is 5.75 Å². The molecule has 1 saturated heterocycles. The molecule has 8 heteroatoms. The second-order valence-electron chi connectivity index (χ2n) is 6.54.